The van der Waals surface area contributed by atoms with E-state index in [-0.39, 0.29) is 0 Å². The average Bonchev–Trinajstić information content (AvgIpc) is 2.48. The van der Waals surface area contributed by atoms with Crippen molar-refractivity contribution in [3.63, 3.8) is 0 Å². The third-order valence-corrected chi connectivity index (χ3v) is 2.39. The van der Waals surface area contributed by atoms with E-state index in [4.69, 9.17) is 5.73 Å². The molecule has 0 fully saturated rings. The van der Waals surface area contributed by atoms with Gasteiger partial charge in [0, 0.05) is 5.38 Å². The zero-order chi connectivity index (χ0) is 8.97. The number of thiazole rings is 1. The van der Waals surface area contributed by atoms with E-state index >= 15 is 0 Å². The monoisotopic (exact) mass is 185 g/mol. The van der Waals surface area contributed by atoms with Crippen molar-refractivity contribution < 1.29 is 4.79 Å². The first-order chi connectivity index (χ1) is 5.72. The lowest BCUT2D eigenvalue weighted by Crippen LogP contribution is -2.28. The van der Waals surface area contributed by atoms with Gasteiger partial charge in [0.05, 0.1) is 17.2 Å². The number of primary amides is 1. The summed E-state index contributed by atoms with van der Waals surface area (Å²) in [6.07, 6.45) is 0.932. The Bertz CT molecular complexity index is 271. The number of aromatic nitrogens is 1. The van der Waals surface area contributed by atoms with Gasteiger partial charge in [0.2, 0.25) is 0 Å². The molecule has 5 heteroatoms. The normalized spacial score (nSPS) is 9.75. The fourth-order valence-electron chi connectivity index (χ4n) is 0.770. The highest BCUT2D eigenvalue weighted by Crippen LogP contribution is 2.09. The van der Waals surface area contributed by atoms with Gasteiger partial charge in [-0.05, 0) is 6.42 Å². The highest BCUT2D eigenvalue weighted by molar-refractivity contribution is 7.09. The minimum absolute atomic E-state index is 0.422. The van der Waals surface area contributed by atoms with Crippen molar-refractivity contribution in [2.24, 2.45) is 5.73 Å². The molecule has 0 aliphatic heterocycles. The van der Waals surface area contributed by atoms with E-state index in [2.05, 4.69) is 10.3 Å². The lowest BCUT2D eigenvalue weighted by molar-refractivity contribution is 0.248. The summed E-state index contributed by atoms with van der Waals surface area (Å²) in [5, 5.41) is 5.49. The molecule has 0 spiro atoms. The number of rotatable bonds is 3. The van der Waals surface area contributed by atoms with Crippen LogP contribution in [0.4, 0.5) is 4.79 Å². The van der Waals surface area contributed by atoms with Crippen LogP contribution >= 0.6 is 11.3 Å². The van der Waals surface area contributed by atoms with Crippen LogP contribution in [0.1, 0.15) is 17.6 Å². The number of hydrogen-bond donors (Lipinski definition) is 2. The summed E-state index contributed by atoms with van der Waals surface area (Å²) in [5.74, 6) is 0. The maximum Gasteiger partial charge on any atom is 0.312 e. The third kappa shape index (κ3) is 2.50. The van der Waals surface area contributed by atoms with E-state index < -0.39 is 6.03 Å². The molecule has 12 heavy (non-hydrogen) atoms. The van der Waals surface area contributed by atoms with Crippen LogP contribution in [0.3, 0.4) is 0 Å². The van der Waals surface area contributed by atoms with Crippen molar-refractivity contribution in [1.82, 2.24) is 10.3 Å². The first kappa shape index (κ1) is 8.99. The summed E-state index contributed by atoms with van der Waals surface area (Å²) in [5.41, 5.74) is 5.78. The average molecular weight is 185 g/mol. The summed E-state index contributed by atoms with van der Waals surface area (Å²) in [4.78, 5) is 14.6. The maximum absolute atomic E-state index is 10.3. The Kier molecular flexibility index (Phi) is 3.04. The van der Waals surface area contributed by atoms with E-state index in [0.29, 0.717) is 6.54 Å². The van der Waals surface area contributed by atoms with Gasteiger partial charge in [0.1, 0.15) is 0 Å². The van der Waals surface area contributed by atoms with Crippen LogP contribution in [0.5, 0.6) is 0 Å². The number of amides is 2. The number of carbonyl (C=O) groups excluding carboxylic acids is 1. The molecule has 3 N–H and O–H groups in total. The molecular weight excluding hydrogens is 174 g/mol. The summed E-state index contributed by atoms with van der Waals surface area (Å²) >= 11 is 1.60. The molecule has 0 saturated heterocycles. The molecule has 0 atom stereocenters. The standard InChI is InChI=1S/C7H11N3OS/c1-2-6-10-5(4-12-6)3-9-7(8)11/h4H,2-3H2,1H3,(H3,8,9,11). The molecule has 1 aromatic heterocycles. The second-order valence-corrected chi connectivity index (χ2v) is 3.25. The SMILES string of the molecule is CCc1nc(CNC(N)=O)cs1. The molecule has 4 nitrogen and oxygen atoms in total. The van der Waals surface area contributed by atoms with Gasteiger partial charge in [-0.25, -0.2) is 9.78 Å². The molecule has 1 aromatic rings. The highest BCUT2D eigenvalue weighted by atomic mass is 32.1. The molecule has 66 valence electrons. The van der Waals surface area contributed by atoms with E-state index in [1.54, 1.807) is 11.3 Å². The molecule has 1 rings (SSSR count). The van der Waals surface area contributed by atoms with Crippen LogP contribution < -0.4 is 11.1 Å². The van der Waals surface area contributed by atoms with Crippen LogP contribution in [0, 0.1) is 0 Å². The largest absolute Gasteiger partial charge is 0.352 e. The van der Waals surface area contributed by atoms with Gasteiger partial charge < -0.3 is 11.1 Å². The van der Waals surface area contributed by atoms with Crippen LogP contribution in [-0.2, 0) is 13.0 Å². The van der Waals surface area contributed by atoms with Crippen molar-refractivity contribution in [1.29, 1.82) is 0 Å². The van der Waals surface area contributed by atoms with Crippen LogP contribution in [0.2, 0.25) is 0 Å². The zero-order valence-corrected chi connectivity index (χ0v) is 7.65. The molecule has 0 aromatic carbocycles. The molecule has 0 radical (unpaired) electrons. The van der Waals surface area contributed by atoms with E-state index in [1.165, 1.54) is 0 Å². The Morgan fingerprint density at radius 1 is 1.83 bits per heavy atom. The van der Waals surface area contributed by atoms with Gasteiger partial charge in [-0.2, -0.15) is 0 Å². The molecule has 0 aliphatic rings. The van der Waals surface area contributed by atoms with Crippen molar-refractivity contribution in [2.75, 3.05) is 0 Å². The first-order valence-corrected chi connectivity index (χ1v) is 4.57. The van der Waals surface area contributed by atoms with E-state index in [1.807, 2.05) is 12.3 Å². The van der Waals surface area contributed by atoms with Crippen LogP contribution in [0.25, 0.3) is 0 Å². The fourth-order valence-corrected chi connectivity index (χ4v) is 1.51. The minimum Gasteiger partial charge on any atom is -0.352 e. The molecule has 2 amide bonds. The maximum atomic E-state index is 10.3. The highest BCUT2D eigenvalue weighted by Gasteiger charge is 2.00. The minimum atomic E-state index is -0.513. The summed E-state index contributed by atoms with van der Waals surface area (Å²) in [6.45, 7) is 2.47. The lowest BCUT2D eigenvalue weighted by Gasteiger charge is -1.95. The smallest absolute Gasteiger partial charge is 0.312 e. The zero-order valence-electron chi connectivity index (χ0n) is 6.83. The Balaban J connectivity index is 2.47. The van der Waals surface area contributed by atoms with E-state index in [9.17, 15) is 4.79 Å². The number of nitrogens with two attached hydrogens (primary N) is 1. The van der Waals surface area contributed by atoms with Gasteiger partial charge in [0.15, 0.2) is 0 Å². The summed E-state index contributed by atoms with van der Waals surface area (Å²) in [6, 6.07) is -0.513. The quantitative estimate of drug-likeness (QED) is 0.733. The number of carbonyl (C=O) groups is 1. The number of nitrogens with zero attached hydrogens (tertiary/aromatic N) is 1. The van der Waals surface area contributed by atoms with Crippen molar-refractivity contribution >= 4 is 17.4 Å². The Morgan fingerprint density at radius 3 is 3.08 bits per heavy atom. The molecule has 0 unspecified atom stereocenters. The van der Waals surface area contributed by atoms with Crippen molar-refractivity contribution in [2.45, 2.75) is 19.9 Å². The van der Waals surface area contributed by atoms with Gasteiger partial charge in [0.25, 0.3) is 0 Å². The second-order valence-electron chi connectivity index (χ2n) is 2.30. The number of hydrogen-bond acceptors (Lipinski definition) is 3. The Hall–Kier alpha value is -1.10. The van der Waals surface area contributed by atoms with E-state index in [0.717, 1.165) is 17.1 Å². The van der Waals surface area contributed by atoms with Gasteiger partial charge in [-0.3, -0.25) is 0 Å². The van der Waals surface area contributed by atoms with Gasteiger partial charge >= 0.3 is 6.03 Å². The summed E-state index contributed by atoms with van der Waals surface area (Å²) < 4.78 is 0. The third-order valence-electron chi connectivity index (χ3n) is 1.35. The Morgan fingerprint density at radius 2 is 2.58 bits per heavy atom. The lowest BCUT2D eigenvalue weighted by atomic mass is 10.4. The van der Waals surface area contributed by atoms with Gasteiger partial charge in [-0.15, -0.1) is 11.3 Å². The predicted octanol–water partition coefficient (Wildman–Crippen LogP) is 0.874. The Labute approximate surface area is 74.8 Å². The molecule has 1 heterocycles. The first-order valence-electron chi connectivity index (χ1n) is 3.69. The van der Waals surface area contributed by atoms with Crippen LogP contribution in [-0.4, -0.2) is 11.0 Å². The predicted molar refractivity (Wildman–Crippen MR) is 47.9 cm³/mol. The van der Waals surface area contributed by atoms with Crippen molar-refractivity contribution in [3.8, 4) is 0 Å². The second kappa shape index (κ2) is 4.06. The molecule has 0 aliphatic carbocycles. The molecular formula is C7H11N3OS. The topological polar surface area (TPSA) is 68.0 Å². The fraction of sp³-hybridized carbons (Fsp3) is 0.429. The molecule has 0 saturated carbocycles. The number of nitrogens with one attached hydrogen (secondary N) is 1. The number of aryl methyl sites for hydroxylation is 1. The number of urea groups is 1. The molecule has 0 bridgehead atoms. The van der Waals surface area contributed by atoms with Gasteiger partial charge in [-0.1, -0.05) is 6.92 Å². The van der Waals surface area contributed by atoms with Crippen molar-refractivity contribution in [3.05, 3.63) is 16.1 Å². The summed E-state index contributed by atoms with van der Waals surface area (Å²) in [7, 11) is 0. The van der Waals surface area contributed by atoms with Crippen LogP contribution in [0.15, 0.2) is 5.38 Å².